The maximum absolute atomic E-state index is 13.5. The van der Waals surface area contributed by atoms with Crippen LogP contribution in [0, 0.1) is 33.6 Å². The lowest BCUT2D eigenvalue weighted by atomic mass is 10.0. The van der Waals surface area contributed by atoms with Crippen molar-refractivity contribution in [2.45, 2.75) is 60.1 Å². The second-order valence-corrected chi connectivity index (χ2v) is 11.0. The van der Waals surface area contributed by atoms with Gasteiger partial charge in [0, 0.05) is 30.8 Å². The van der Waals surface area contributed by atoms with Crippen LogP contribution in [0.15, 0.2) is 27.2 Å². The molecule has 3 aromatic rings. The fourth-order valence-corrected chi connectivity index (χ4v) is 4.88. The zero-order chi connectivity index (χ0) is 31.4. The number of ether oxygens (including phenoxy) is 1. The predicted octanol–water partition coefficient (Wildman–Crippen LogP) is 3.85. The highest BCUT2D eigenvalue weighted by Gasteiger charge is 2.32. The number of hydrogen-bond donors (Lipinski definition) is 4. The Hall–Kier alpha value is -4.59. The molecule has 0 unspecified atom stereocenters. The number of likely N-dealkylation sites (N-methyl/N-ethyl adjacent to an activating group) is 1. The van der Waals surface area contributed by atoms with Crippen LogP contribution in [0.2, 0.25) is 0 Å². The molecule has 3 atom stereocenters. The number of fused-ring (bicyclic) bond motifs is 1. The number of urea groups is 2. The number of rotatable bonds is 7. The molecule has 4 N–H and O–H groups in total. The first kappa shape index (κ1) is 31.3. The number of hydrogen-bond acceptors (Lipinski definition) is 9. The van der Waals surface area contributed by atoms with Crippen LogP contribution in [0.5, 0.6) is 5.75 Å². The van der Waals surface area contributed by atoms with E-state index in [-0.39, 0.29) is 37.4 Å². The Morgan fingerprint density at radius 1 is 1.07 bits per heavy atom. The Labute approximate surface area is 249 Å². The quantitative estimate of drug-likeness (QED) is 0.315. The largest absolute Gasteiger partial charge is 0.488 e. The molecule has 5 amide bonds. The first-order valence-corrected chi connectivity index (χ1v) is 14.0. The molecule has 0 fully saturated rings. The number of aryl methyl sites for hydroxylation is 4. The summed E-state index contributed by atoms with van der Waals surface area (Å²) in [7, 11) is 1.65. The van der Waals surface area contributed by atoms with Gasteiger partial charge in [0.25, 0.3) is 0 Å². The van der Waals surface area contributed by atoms with E-state index in [2.05, 4.69) is 26.3 Å². The molecule has 14 nitrogen and oxygen atoms in total. The summed E-state index contributed by atoms with van der Waals surface area (Å²) < 4.78 is 16.7. The number of amides is 5. The van der Waals surface area contributed by atoms with Crippen LogP contribution >= 0.6 is 0 Å². The molecule has 14 heteroatoms. The third-order valence-electron chi connectivity index (χ3n) is 7.51. The summed E-state index contributed by atoms with van der Waals surface area (Å²) in [5.41, 5.74) is 3.10. The van der Waals surface area contributed by atoms with Gasteiger partial charge in [-0.25, -0.2) is 9.59 Å². The van der Waals surface area contributed by atoms with Crippen molar-refractivity contribution >= 4 is 35.0 Å². The minimum Gasteiger partial charge on any atom is -0.488 e. The smallest absolute Gasteiger partial charge is 0.323 e. The Balaban J connectivity index is 1.57. The molecule has 1 aromatic carbocycles. The molecule has 0 saturated carbocycles. The van der Waals surface area contributed by atoms with Crippen LogP contribution in [0.1, 0.15) is 42.3 Å². The van der Waals surface area contributed by atoms with Gasteiger partial charge in [-0.05, 0) is 52.8 Å². The summed E-state index contributed by atoms with van der Waals surface area (Å²) in [6.07, 6.45) is -0.525. The van der Waals surface area contributed by atoms with Crippen LogP contribution in [-0.2, 0) is 11.2 Å². The molecule has 43 heavy (non-hydrogen) atoms. The summed E-state index contributed by atoms with van der Waals surface area (Å²) in [6.45, 7) is 10.9. The topological polar surface area (TPSA) is 175 Å². The second-order valence-electron chi connectivity index (χ2n) is 11.0. The van der Waals surface area contributed by atoms with Crippen LogP contribution < -0.4 is 20.7 Å². The van der Waals surface area contributed by atoms with Crippen molar-refractivity contribution in [2.24, 2.45) is 5.92 Å². The SMILES string of the molecule is Cc1noc(C)c1NC(=O)Nc1ccc2c(c1)CC(=O)N([C@H](C)CO)C[C@H](C)[C@@H](CN(C)C(=O)Nc1c(C)noc1C)O2. The monoisotopic (exact) mass is 597 g/mol. The van der Waals surface area contributed by atoms with E-state index in [0.29, 0.717) is 57.8 Å². The Bertz CT molecular complexity index is 1440. The number of aliphatic hydroxyl groups excluding tert-OH is 1. The number of aromatic nitrogens is 2. The van der Waals surface area contributed by atoms with Gasteiger partial charge in [0.1, 0.15) is 34.6 Å². The lowest BCUT2D eigenvalue weighted by Gasteiger charge is -2.34. The molecule has 3 heterocycles. The van der Waals surface area contributed by atoms with E-state index in [0.717, 1.165) is 0 Å². The Morgan fingerprint density at radius 3 is 2.28 bits per heavy atom. The molecule has 0 radical (unpaired) electrons. The molecule has 0 saturated heterocycles. The van der Waals surface area contributed by atoms with Gasteiger partial charge in [0.05, 0.1) is 25.6 Å². The first-order valence-electron chi connectivity index (χ1n) is 14.0. The van der Waals surface area contributed by atoms with Gasteiger partial charge in [-0.3, -0.25) is 4.79 Å². The maximum Gasteiger partial charge on any atom is 0.323 e. The molecule has 0 spiro atoms. The van der Waals surface area contributed by atoms with Gasteiger partial charge in [-0.2, -0.15) is 0 Å². The second kappa shape index (κ2) is 13.2. The molecule has 1 aliphatic heterocycles. The highest BCUT2D eigenvalue weighted by Crippen LogP contribution is 2.30. The van der Waals surface area contributed by atoms with Crippen molar-refractivity contribution in [3.05, 3.63) is 46.7 Å². The first-order chi connectivity index (χ1) is 20.4. The highest BCUT2D eigenvalue weighted by atomic mass is 16.5. The van der Waals surface area contributed by atoms with E-state index in [4.69, 9.17) is 13.8 Å². The molecule has 0 bridgehead atoms. The fourth-order valence-electron chi connectivity index (χ4n) is 4.88. The molecule has 2 aromatic heterocycles. The molecule has 1 aliphatic rings. The third kappa shape index (κ3) is 7.25. The molecule has 232 valence electrons. The number of anilines is 3. The predicted molar refractivity (Wildman–Crippen MR) is 158 cm³/mol. The number of nitrogens with one attached hydrogen (secondary N) is 3. The number of carbonyl (C=O) groups excluding carboxylic acids is 3. The van der Waals surface area contributed by atoms with Crippen LogP contribution in [0.4, 0.5) is 26.7 Å². The van der Waals surface area contributed by atoms with Crippen molar-refractivity contribution in [3.8, 4) is 5.75 Å². The van der Waals surface area contributed by atoms with E-state index in [1.165, 1.54) is 4.90 Å². The number of aliphatic hydroxyl groups is 1. The number of carbonyl (C=O) groups is 3. The minimum absolute atomic E-state index is 0.0114. The van der Waals surface area contributed by atoms with Crippen molar-refractivity contribution in [3.63, 3.8) is 0 Å². The average molecular weight is 598 g/mol. The van der Waals surface area contributed by atoms with Gasteiger partial charge in [-0.15, -0.1) is 0 Å². The van der Waals surface area contributed by atoms with Crippen LogP contribution in [0.3, 0.4) is 0 Å². The summed E-state index contributed by atoms with van der Waals surface area (Å²) in [5.74, 6) is 1.03. The zero-order valence-electron chi connectivity index (χ0n) is 25.5. The van der Waals surface area contributed by atoms with Gasteiger partial charge < -0.3 is 44.6 Å². The summed E-state index contributed by atoms with van der Waals surface area (Å²) in [4.78, 5) is 42.4. The van der Waals surface area contributed by atoms with Crippen molar-refractivity contribution in [1.82, 2.24) is 20.1 Å². The van der Waals surface area contributed by atoms with Gasteiger partial charge in [0.15, 0.2) is 11.5 Å². The molecule has 0 aliphatic carbocycles. The van der Waals surface area contributed by atoms with E-state index < -0.39 is 18.2 Å². The number of benzene rings is 1. The number of nitrogens with zero attached hydrogens (tertiary/aromatic N) is 4. The molecule has 4 rings (SSSR count). The van der Waals surface area contributed by atoms with Crippen molar-refractivity contribution in [2.75, 3.05) is 42.7 Å². The van der Waals surface area contributed by atoms with Crippen LogP contribution in [-0.4, -0.2) is 82.1 Å². The van der Waals surface area contributed by atoms with Crippen LogP contribution in [0.25, 0.3) is 0 Å². The van der Waals surface area contributed by atoms with Gasteiger partial charge in [-0.1, -0.05) is 17.2 Å². The summed E-state index contributed by atoms with van der Waals surface area (Å²) in [6, 6.07) is 3.76. The van der Waals surface area contributed by atoms with E-state index in [1.807, 2.05) is 6.92 Å². The molecular formula is C29H39N7O7. The molecular weight excluding hydrogens is 558 g/mol. The summed E-state index contributed by atoms with van der Waals surface area (Å²) >= 11 is 0. The Morgan fingerprint density at radius 2 is 1.70 bits per heavy atom. The standard InChI is InChI=1S/C29H39N7O7/c1-15-12-36(16(2)14-37)25(38)11-21-10-22(30-28(39)31-26-17(3)33-42-19(26)5)8-9-23(21)41-24(15)13-35(7)29(40)32-27-18(4)34-43-20(27)6/h8-10,15-16,24,37H,11-14H2,1-7H3,(H,32,40)(H2,30,31,39)/t15-,16+,24+/m0/s1. The van der Waals surface area contributed by atoms with E-state index in [9.17, 15) is 19.5 Å². The zero-order valence-corrected chi connectivity index (χ0v) is 25.5. The van der Waals surface area contributed by atoms with E-state index >= 15 is 0 Å². The fraction of sp³-hybridized carbons (Fsp3) is 0.483. The minimum atomic E-state index is -0.514. The summed E-state index contributed by atoms with van der Waals surface area (Å²) in [5, 5.41) is 26.0. The average Bonchev–Trinajstić information content (AvgIpc) is 3.46. The Kier molecular flexibility index (Phi) is 9.59. The highest BCUT2D eigenvalue weighted by molar-refractivity contribution is 6.00. The normalized spacial score (nSPS) is 17.6. The van der Waals surface area contributed by atoms with Crippen molar-refractivity contribution in [1.29, 1.82) is 0 Å². The van der Waals surface area contributed by atoms with Crippen molar-refractivity contribution < 1.29 is 33.3 Å². The van der Waals surface area contributed by atoms with Gasteiger partial charge in [0.2, 0.25) is 5.91 Å². The van der Waals surface area contributed by atoms with Gasteiger partial charge >= 0.3 is 12.1 Å². The maximum atomic E-state index is 13.5. The lowest BCUT2D eigenvalue weighted by Crippen LogP contribution is -2.48. The lowest BCUT2D eigenvalue weighted by molar-refractivity contribution is -0.134. The van der Waals surface area contributed by atoms with E-state index in [1.54, 1.807) is 64.8 Å². The third-order valence-corrected chi connectivity index (χ3v) is 7.51.